The highest BCUT2D eigenvalue weighted by atomic mass is 79.9. The van der Waals surface area contributed by atoms with Gasteiger partial charge in [-0.3, -0.25) is 4.79 Å². The average molecular weight is 355 g/mol. The number of nitrogens with one attached hydrogen (secondary N) is 2. The molecule has 1 aromatic rings. The van der Waals surface area contributed by atoms with Crippen LogP contribution in [0.5, 0.6) is 0 Å². The summed E-state index contributed by atoms with van der Waals surface area (Å²) in [5.74, 6) is 0.270. The van der Waals surface area contributed by atoms with Crippen molar-refractivity contribution in [2.75, 3.05) is 0 Å². The van der Waals surface area contributed by atoms with E-state index in [9.17, 15) is 9.18 Å². The third-order valence-electron chi connectivity index (χ3n) is 4.52. The van der Waals surface area contributed by atoms with E-state index in [1.165, 1.54) is 18.9 Å². The van der Waals surface area contributed by atoms with Crippen molar-refractivity contribution in [3.63, 3.8) is 0 Å². The Kier molecular flexibility index (Phi) is 4.60. The third kappa shape index (κ3) is 3.83. The number of rotatable bonds is 4. The highest BCUT2D eigenvalue weighted by Gasteiger charge is 2.34. The first kappa shape index (κ1) is 15.0. The first-order valence-corrected chi connectivity index (χ1v) is 8.36. The second-order valence-electron chi connectivity index (χ2n) is 6.20. The Balaban J connectivity index is 1.47. The zero-order valence-corrected chi connectivity index (χ0v) is 13.5. The van der Waals surface area contributed by atoms with Gasteiger partial charge in [-0.15, -0.1) is 0 Å². The van der Waals surface area contributed by atoms with Gasteiger partial charge in [-0.1, -0.05) is 6.07 Å². The second kappa shape index (κ2) is 6.44. The quantitative estimate of drug-likeness (QED) is 0.871. The minimum absolute atomic E-state index is 0.0737. The first-order valence-electron chi connectivity index (χ1n) is 7.57. The molecule has 114 valence electrons. The monoisotopic (exact) mass is 354 g/mol. The molecule has 1 amide bonds. The molecule has 2 aliphatic heterocycles. The molecule has 2 fully saturated rings. The number of hydrogen-bond acceptors (Lipinski definition) is 2. The molecule has 0 aliphatic carbocycles. The lowest BCUT2D eigenvalue weighted by atomic mass is 9.89. The Bertz CT molecular complexity index is 525. The highest BCUT2D eigenvalue weighted by molar-refractivity contribution is 9.10. The topological polar surface area (TPSA) is 41.1 Å². The van der Waals surface area contributed by atoms with Crippen molar-refractivity contribution in [2.45, 2.75) is 50.7 Å². The normalized spacial score (nSPS) is 27.6. The van der Waals surface area contributed by atoms with Crippen LogP contribution in [-0.4, -0.2) is 18.0 Å². The van der Waals surface area contributed by atoms with Gasteiger partial charge in [0.25, 0.3) is 0 Å². The predicted octanol–water partition coefficient (Wildman–Crippen LogP) is 3.13. The Morgan fingerprint density at radius 1 is 1.33 bits per heavy atom. The molecule has 2 aliphatic rings. The van der Waals surface area contributed by atoms with Crippen molar-refractivity contribution in [3.05, 3.63) is 34.1 Å². The number of fused-ring (bicyclic) bond motifs is 2. The van der Waals surface area contributed by atoms with E-state index in [-0.39, 0.29) is 11.7 Å². The van der Waals surface area contributed by atoms with Crippen LogP contribution in [0.3, 0.4) is 0 Å². The van der Waals surface area contributed by atoms with Crippen molar-refractivity contribution in [2.24, 2.45) is 5.92 Å². The summed E-state index contributed by atoms with van der Waals surface area (Å²) in [7, 11) is 0. The highest BCUT2D eigenvalue weighted by Crippen LogP contribution is 2.32. The van der Waals surface area contributed by atoms with Crippen molar-refractivity contribution in [1.82, 2.24) is 10.6 Å². The van der Waals surface area contributed by atoms with E-state index < -0.39 is 0 Å². The van der Waals surface area contributed by atoms with Crippen molar-refractivity contribution in [3.8, 4) is 0 Å². The molecular formula is C16H20BrFN2O. The molecule has 2 N–H and O–H groups in total. The van der Waals surface area contributed by atoms with Crippen molar-refractivity contribution < 1.29 is 9.18 Å². The van der Waals surface area contributed by atoms with E-state index in [2.05, 4.69) is 26.6 Å². The van der Waals surface area contributed by atoms with Gasteiger partial charge >= 0.3 is 0 Å². The molecule has 0 aromatic heterocycles. The van der Waals surface area contributed by atoms with Gasteiger partial charge in [0.1, 0.15) is 5.82 Å². The molecule has 2 unspecified atom stereocenters. The predicted molar refractivity (Wildman–Crippen MR) is 83.2 cm³/mol. The second-order valence-corrected chi connectivity index (χ2v) is 7.06. The fourth-order valence-electron chi connectivity index (χ4n) is 3.53. The van der Waals surface area contributed by atoms with Crippen LogP contribution < -0.4 is 10.6 Å². The minimum atomic E-state index is -0.295. The molecule has 2 atom stereocenters. The summed E-state index contributed by atoms with van der Waals surface area (Å²) in [6.07, 6.45) is 5.31. The van der Waals surface area contributed by atoms with Crippen LogP contribution in [0.4, 0.5) is 4.39 Å². The zero-order valence-electron chi connectivity index (χ0n) is 11.9. The van der Waals surface area contributed by atoms with Gasteiger partial charge in [0.15, 0.2) is 0 Å². The summed E-state index contributed by atoms with van der Waals surface area (Å²) < 4.78 is 13.8. The molecule has 0 saturated carbocycles. The molecule has 3 rings (SSSR count). The fourth-order valence-corrected chi connectivity index (χ4v) is 3.77. The van der Waals surface area contributed by atoms with E-state index >= 15 is 0 Å². The number of benzene rings is 1. The summed E-state index contributed by atoms with van der Waals surface area (Å²) in [6, 6.07) is 6.17. The van der Waals surface area contributed by atoms with Gasteiger partial charge in [-0.05, 0) is 65.2 Å². The lowest BCUT2D eigenvalue weighted by Gasteiger charge is -2.28. The number of halogens is 2. The van der Waals surface area contributed by atoms with Crippen molar-refractivity contribution in [1.29, 1.82) is 0 Å². The Hall–Kier alpha value is -0.940. The van der Waals surface area contributed by atoms with Gasteiger partial charge in [-0.2, -0.15) is 0 Å². The minimum Gasteiger partial charge on any atom is -0.352 e. The van der Waals surface area contributed by atoms with Gasteiger partial charge in [0, 0.05) is 25.0 Å². The Morgan fingerprint density at radius 2 is 2.05 bits per heavy atom. The third-order valence-corrected chi connectivity index (χ3v) is 5.16. The maximum absolute atomic E-state index is 13.4. The van der Waals surface area contributed by atoms with E-state index in [1.54, 1.807) is 6.07 Å². The van der Waals surface area contributed by atoms with Crippen LogP contribution in [0.2, 0.25) is 0 Å². The summed E-state index contributed by atoms with van der Waals surface area (Å²) in [4.78, 5) is 12.0. The van der Waals surface area contributed by atoms with E-state index in [1.807, 2.05) is 6.07 Å². The fraction of sp³-hybridized carbons (Fsp3) is 0.562. The van der Waals surface area contributed by atoms with Crippen LogP contribution >= 0.6 is 15.9 Å². The molecule has 3 nitrogen and oxygen atoms in total. The molecule has 5 heteroatoms. The Morgan fingerprint density at radius 3 is 2.71 bits per heavy atom. The molecule has 2 saturated heterocycles. The average Bonchev–Trinajstić information content (AvgIpc) is 2.79. The van der Waals surface area contributed by atoms with Gasteiger partial charge < -0.3 is 10.6 Å². The number of carbonyl (C=O) groups is 1. The van der Waals surface area contributed by atoms with E-state index in [0.717, 1.165) is 18.4 Å². The standard InChI is InChI=1S/C16H20BrFN2O/c17-14-4-1-10(7-15(14)18)9-19-16(21)8-11-5-12-2-3-13(6-11)20-12/h1,4,7,11-13,20H,2-3,5-6,8-9H2,(H,19,21). The number of hydrogen-bond donors (Lipinski definition) is 2. The van der Waals surface area contributed by atoms with E-state index in [4.69, 9.17) is 0 Å². The summed E-state index contributed by atoms with van der Waals surface area (Å²) in [6.45, 7) is 0.390. The SMILES string of the molecule is O=C(CC1CC2CCC(C1)N2)NCc1ccc(Br)c(F)c1. The lowest BCUT2D eigenvalue weighted by Crippen LogP contribution is -2.39. The molecule has 0 radical (unpaired) electrons. The smallest absolute Gasteiger partial charge is 0.220 e. The molecule has 1 aromatic carbocycles. The molecular weight excluding hydrogens is 335 g/mol. The van der Waals surface area contributed by atoms with Crippen LogP contribution in [0.1, 0.15) is 37.7 Å². The molecule has 2 heterocycles. The van der Waals surface area contributed by atoms with Gasteiger partial charge in [0.2, 0.25) is 5.91 Å². The number of carbonyl (C=O) groups excluding carboxylic acids is 1. The number of amides is 1. The summed E-state index contributed by atoms with van der Waals surface area (Å²) >= 11 is 3.12. The van der Waals surface area contributed by atoms with Gasteiger partial charge in [0.05, 0.1) is 4.47 Å². The maximum atomic E-state index is 13.4. The van der Waals surface area contributed by atoms with Crippen molar-refractivity contribution >= 4 is 21.8 Å². The molecule has 21 heavy (non-hydrogen) atoms. The summed E-state index contributed by atoms with van der Waals surface area (Å²) in [5.41, 5.74) is 0.787. The van der Waals surface area contributed by atoms with Gasteiger partial charge in [-0.25, -0.2) is 4.39 Å². The molecule has 0 spiro atoms. The van der Waals surface area contributed by atoms with Crippen LogP contribution in [0.15, 0.2) is 22.7 Å². The van der Waals surface area contributed by atoms with Crippen LogP contribution in [0, 0.1) is 11.7 Å². The van der Waals surface area contributed by atoms with E-state index in [0.29, 0.717) is 35.4 Å². The largest absolute Gasteiger partial charge is 0.352 e. The first-order chi connectivity index (χ1) is 10.1. The van der Waals surface area contributed by atoms with Crippen LogP contribution in [0.25, 0.3) is 0 Å². The maximum Gasteiger partial charge on any atom is 0.220 e. The van der Waals surface area contributed by atoms with Crippen LogP contribution in [-0.2, 0) is 11.3 Å². The Labute approximate surface area is 132 Å². The molecule has 2 bridgehead atoms. The lowest BCUT2D eigenvalue weighted by molar-refractivity contribution is -0.122. The number of piperidine rings is 1. The zero-order chi connectivity index (χ0) is 14.8. The summed E-state index contributed by atoms with van der Waals surface area (Å²) in [5, 5.41) is 6.49.